The lowest BCUT2D eigenvalue weighted by atomic mass is 10.2. The van der Waals surface area contributed by atoms with E-state index in [1.54, 1.807) is 30.9 Å². The predicted molar refractivity (Wildman–Crippen MR) is 125 cm³/mol. The van der Waals surface area contributed by atoms with Crippen LogP contribution in [0.15, 0.2) is 27.4 Å². The number of hydrogen-bond acceptors (Lipinski definition) is 6. The number of carbonyl (C=O) groups excluding carboxylic acids is 2. The molecule has 0 aliphatic carbocycles. The van der Waals surface area contributed by atoms with Crippen LogP contribution >= 0.6 is 23.2 Å². The van der Waals surface area contributed by atoms with Gasteiger partial charge in [0.1, 0.15) is 11.1 Å². The van der Waals surface area contributed by atoms with Crippen LogP contribution in [0.2, 0.25) is 10.0 Å². The largest absolute Gasteiger partial charge is 0.444 e. The third-order valence-corrected chi connectivity index (χ3v) is 5.28. The zero-order chi connectivity index (χ0) is 23.4. The molecule has 3 rings (SSSR count). The Bertz CT molecular complexity index is 1220. The standard InChI is InChI=1S/C21H23Cl2N5O4/c1-4-7-28(9-16(29)24-15-6-5-13(22)8-14(15)23)10-17(30)25-21-19-18(12(3)32-21)11(2)26-27-20(19)31/h5-6,8H,4,7,9-10H2,1-3H3,(H,24,29)(H,25,30)(H,27,31). The number of fused-ring (bicyclic) bond motifs is 1. The van der Waals surface area contributed by atoms with Crippen molar-refractivity contribution >= 4 is 57.4 Å². The molecule has 3 N–H and O–H groups in total. The summed E-state index contributed by atoms with van der Waals surface area (Å²) in [6.07, 6.45) is 0.732. The lowest BCUT2D eigenvalue weighted by Gasteiger charge is -2.20. The minimum Gasteiger partial charge on any atom is -0.444 e. The van der Waals surface area contributed by atoms with E-state index in [1.165, 1.54) is 6.07 Å². The first-order valence-electron chi connectivity index (χ1n) is 9.95. The third-order valence-electron chi connectivity index (χ3n) is 4.73. The fraction of sp³-hybridized carbons (Fsp3) is 0.333. The summed E-state index contributed by atoms with van der Waals surface area (Å²) >= 11 is 12.0. The van der Waals surface area contributed by atoms with Crippen LogP contribution in [-0.4, -0.2) is 46.5 Å². The molecule has 9 nitrogen and oxygen atoms in total. The van der Waals surface area contributed by atoms with Crippen LogP contribution in [0.1, 0.15) is 24.8 Å². The fourth-order valence-corrected chi connectivity index (χ4v) is 3.87. The Balaban J connectivity index is 1.69. The minimum absolute atomic E-state index is 0.0260. The van der Waals surface area contributed by atoms with Crippen LogP contribution in [-0.2, 0) is 9.59 Å². The Hall–Kier alpha value is -2.88. The van der Waals surface area contributed by atoms with Gasteiger partial charge in [-0.3, -0.25) is 24.6 Å². The van der Waals surface area contributed by atoms with E-state index in [1.807, 2.05) is 6.92 Å². The topological polar surface area (TPSA) is 120 Å². The molecule has 11 heteroatoms. The predicted octanol–water partition coefficient (Wildman–Crippen LogP) is 3.73. The van der Waals surface area contributed by atoms with Gasteiger partial charge in [0.2, 0.25) is 17.7 Å². The van der Waals surface area contributed by atoms with Gasteiger partial charge in [-0.25, -0.2) is 5.10 Å². The maximum Gasteiger partial charge on any atom is 0.277 e. The summed E-state index contributed by atoms with van der Waals surface area (Å²) in [6, 6.07) is 4.76. The number of nitrogens with zero attached hydrogens (tertiary/aromatic N) is 2. The van der Waals surface area contributed by atoms with Crippen molar-refractivity contribution in [3.8, 4) is 0 Å². The first kappa shape index (κ1) is 23.8. The zero-order valence-corrected chi connectivity index (χ0v) is 19.4. The molecule has 0 saturated heterocycles. The van der Waals surface area contributed by atoms with Crippen molar-refractivity contribution in [2.75, 3.05) is 30.3 Å². The first-order valence-corrected chi connectivity index (χ1v) is 10.7. The number of anilines is 2. The van der Waals surface area contributed by atoms with E-state index in [-0.39, 0.29) is 30.3 Å². The van der Waals surface area contributed by atoms with Crippen molar-refractivity contribution < 1.29 is 14.0 Å². The normalized spacial score (nSPS) is 11.2. The van der Waals surface area contributed by atoms with Crippen LogP contribution < -0.4 is 16.2 Å². The SMILES string of the molecule is CCCN(CC(=O)Nc1ccc(Cl)cc1Cl)CC(=O)Nc1oc(C)c2c(C)n[nH]c(=O)c12. The Labute approximate surface area is 194 Å². The molecule has 0 aliphatic rings. The third kappa shape index (κ3) is 5.48. The van der Waals surface area contributed by atoms with Crippen molar-refractivity contribution in [3.63, 3.8) is 0 Å². The second-order valence-electron chi connectivity index (χ2n) is 7.31. The van der Waals surface area contributed by atoms with Gasteiger partial charge in [0.25, 0.3) is 5.56 Å². The Morgan fingerprint density at radius 2 is 1.81 bits per heavy atom. The Morgan fingerprint density at radius 1 is 1.12 bits per heavy atom. The molecule has 1 aromatic carbocycles. The number of halogens is 2. The summed E-state index contributed by atoms with van der Waals surface area (Å²) in [6.45, 7) is 5.79. The van der Waals surface area contributed by atoms with Crippen LogP contribution in [0.3, 0.4) is 0 Å². The number of hydrogen-bond donors (Lipinski definition) is 3. The second kappa shape index (κ2) is 10.2. The van der Waals surface area contributed by atoms with Crippen molar-refractivity contribution in [1.29, 1.82) is 0 Å². The van der Waals surface area contributed by atoms with Gasteiger partial charge in [0, 0.05) is 5.02 Å². The average molecular weight is 480 g/mol. The van der Waals surface area contributed by atoms with Gasteiger partial charge in [-0.15, -0.1) is 0 Å². The molecule has 2 aromatic heterocycles. The number of amides is 2. The maximum atomic E-state index is 12.7. The van der Waals surface area contributed by atoms with Gasteiger partial charge in [0.15, 0.2) is 0 Å². The van der Waals surface area contributed by atoms with E-state index in [2.05, 4.69) is 20.8 Å². The highest BCUT2D eigenvalue weighted by Gasteiger charge is 2.21. The Kier molecular flexibility index (Phi) is 7.55. The highest BCUT2D eigenvalue weighted by molar-refractivity contribution is 6.36. The average Bonchev–Trinajstić information content (AvgIpc) is 3.04. The summed E-state index contributed by atoms with van der Waals surface area (Å²) in [7, 11) is 0. The van der Waals surface area contributed by atoms with Crippen molar-refractivity contribution in [2.24, 2.45) is 0 Å². The summed E-state index contributed by atoms with van der Waals surface area (Å²) in [5.41, 5.74) is 0.566. The molecule has 0 unspecified atom stereocenters. The van der Waals surface area contributed by atoms with Crippen LogP contribution in [0, 0.1) is 13.8 Å². The van der Waals surface area contributed by atoms with Crippen LogP contribution in [0.4, 0.5) is 11.6 Å². The highest BCUT2D eigenvalue weighted by atomic mass is 35.5. The van der Waals surface area contributed by atoms with Gasteiger partial charge in [-0.2, -0.15) is 5.10 Å². The van der Waals surface area contributed by atoms with E-state index in [0.29, 0.717) is 39.1 Å². The highest BCUT2D eigenvalue weighted by Crippen LogP contribution is 2.28. The summed E-state index contributed by atoms with van der Waals surface area (Å²) in [4.78, 5) is 39.1. The number of aromatic amines is 1. The Morgan fingerprint density at radius 3 is 2.47 bits per heavy atom. The summed E-state index contributed by atoms with van der Waals surface area (Å²) in [5.74, 6) is -0.202. The molecule has 32 heavy (non-hydrogen) atoms. The molecule has 0 fully saturated rings. The molecule has 2 amide bonds. The molecular formula is C21H23Cl2N5O4. The summed E-state index contributed by atoms with van der Waals surface area (Å²) in [5, 5.41) is 13.3. The molecular weight excluding hydrogens is 457 g/mol. The van der Waals surface area contributed by atoms with Gasteiger partial charge < -0.3 is 9.73 Å². The minimum atomic E-state index is -0.456. The summed E-state index contributed by atoms with van der Waals surface area (Å²) < 4.78 is 5.61. The van der Waals surface area contributed by atoms with E-state index in [0.717, 1.165) is 6.42 Å². The smallest absolute Gasteiger partial charge is 0.277 e. The molecule has 2 heterocycles. The number of nitrogens with one attached hydrogen (secondary N) is 3. The van der Waals surface area contributed by atoms with Gasteiger partial charge in [0.05, 0.1) is 34.9 Å². The fourth-order valence-electron chi connectivity index (χ4n) is 3.41. The molecule has 0 spiro atoms. The molecule has 0 aliphatic heterocycles. The van der Waals surface area contributed by atoms with Crippen molar-refractivity contribution in [1.82, 2.24) is 15.1 Å². The maximum absolute atomic E-state index is 12.7. The van der Waals surface area contributed by atoms with E-state index >= 15 is 0 Å². The number of furan rings is 1. The van der Waals surface area contributed by atoms with Crippen molar-refractivity contribution in [3.05, 3.63) is 50.1 Å². The number of carbonyl (C=O) groups is 2. The van der Waals surface area contributed by atoms with E-state index in [4.69, 9.17) is 27.6 Å². The molecule has 0 atom stereocenters. The van der Waals surface area contributed by atoms with Crippen LogP contribution in [0.5, 0.6) is 0 Å². The van der Waals surface area contributed by atoms with Gasteiger partial charge in [-0.1, -0.05) is 30.1 Å². The van der Waals surface area contributed by atoms with Gasteiger partial charge >= 0.3 is 0 Å². The molecule has 170 valence electrons. The van der Waals surface area contributed by atoms with Gasteiger partial charge in [-0.05, 0) is 45.0 Å². The number of benzene rings is 1. The lowest BCUT2D eigenvalue weighted by Crippen LogP contribution is -2.39. The molecule has 0 saturated carbocycles. The van der Waals surface area contributed by atoms with Crippen molar-refractivity contribution in [2.45, 2.75) is 27.2 Å². The number of aryl methyl sites for hydroxylation is 2. The quantitative estimate of drug-likeness (QED) is 0.452. The molecule has 0 bridgehead atoms. The lowest BCUT2D eigenvalue weighted by molar-refractivity contribution is -0.120. The zero-order valence-electron chi connectivity index (χ0n) is 17.8. The molecule has 3 aromatic rings. The first-order chi connectivity index (χ1) is 15.2. The number of aromatic nitrogens is 2. The van der Waals surface area contributed by atoms with E-state index in [9.17, 15) is 14.4 Å². The molecule has 0 radical (unpaired) electrons. The van der Waals surface area contributed by atoms with E-state index < -0.39 is 11.5 Å². The monoisotopic (exact) mass is 479 g/mol. The number of H-pyrrole nitrogens is 1. The second-order valence-corrected chi connectivity index (χ2v) is 8.15. The number of rotatable bonds is 8. The van der Waals surface area contributed by atoms with Crippen LogP contribution in [0.25, 0.3) is 10.8 Å².